The van der Waals surface area contributed by atoms with Crippen molar-refractivity contribution in [3.05, 3.63) is 64.1 Å². The van der Waals surface area contributed by atoms with E-state index < -0.39 is 28.5 Å². The molecule has 2 rings (SSSR count). The Morgan fingerprint density at radius 2 is 1.67 bits per heavy atom. The number of halogens is 2. The van der Waals surface area contributed by atoms with Crippen molar-refractivity contribution in [2.45, 2.75) is 33.4 Å². The fourth-order valence-electron chi connectivity index (χ4n) is 3.09. The van der Waals surface area contributed by atoms with Crippen molar-refractivity contribution >= 4 is 50.7 Å². The van der Waals surface area contributed by atoms with E-state index in [0.717, 1.165) is 16.1 Å². The van der Waals surface area contributed by atoms with Crippen molar-refractivity contribution in [1.82, 2.24) is 10.2 Å². The van der Waals surface area contributed by atoms with Crippen LogP contribution in [0, 0.1) is 5.92 Å². The van der Waals surface area contributed by atoms with Gasteiger partial charge in [-0.25, -0.2) is 8.42 Å². The molecule has 2 aromatic carbocycles. The van der Waals surface area contributed by atoms with Gasteiger partial charge in [-0.05, 0) is 36.6 Å². The quantitative estimate of drug-likeness (QED) is 0.520. The van der Waals surface area contributed by atoms with Gasteiger partial charge in [0.05, 0.1) is 17.0 Å². The Kier molecular flexibility index (Phi) is 9.57. The van der Waals surface area contributed by atoms with Gasteiger partial charge in [0.25, 0.3) is 0 Å². The van der Waals surface area contributed by atoms with Gasteiger partial charge in [0.15, 0.2) is 0 Å². The topological polar surface area (TPSA) is 86.8 Å². The molecule has 0 fully saturated rings. The van der Waals surface area contributed by atoms with Gasteiger partial charge in [-0.2, -0.15) is 0 Å². The highest BCUT2D eigenvalue weighted by atomic mass is 35.5. The minimum atomic E-state index is -3.88. The first-order valence-corrected chi connectivity index (χ1v) is 13.0. The maximum Gasteiger partial charge on any atom is 0.244 e. The summed E-state index contributed by atoms with van der Waals surface area (Å²) in [7, 11) is -3.88. The molecule has 1 atom stereocenters. The number of rotatable bonds is 10. The van der Waals surface area contributed by atoms with Crippen LogP contribution in [-0.2, 0) is 26.2 Å². The van der Waals surface area contributed by atoms with Crippen LogP contribution in [0.2, 0.25) is 10.0 Å². The number of hydrogen-bond donors (Lipinski definition) is 1. The third kappa shape index (κ3) is 7.91. The van der Waals surface area contributed by atoms with Crippen LogP contribution in [0.5, 0.6) is 0 Å². The molecule has 0 bridgehead atoms. The molecule has 0 aliphatic rings. The fraction of sp³-hybridized carbons (Fsp3) is 0.391. The third-order valence-corrected chi connectivity index (χ3v) is 6.58. The molecule has 1 N–H and O–H groups in total. The van der Waals surface area contributed by atoms with Crippen LogP contribution in [0.1, 0.15) is 26.3 Å². The molecule has 180 valence electrons. The zero-order chi connectivity index (χ0) is 24.8. The van der Waals surface area contributed by atoms with Crippen LogP contribution in [0.25, 0.3) is 0 Å². The van der Waals surface area contributed by atoms with Crippen molar-refractivity contribution in [2.75, 3.05) is 23.7 Å². The molecule has 0 saturated carbocycles. The second-order valence-corrected chi connectivity index (χ2v) is 10.9. The van der Waals surface area contributed by atoms with Crippen LogP contribution < -0.4 is 9.62 Å². The number of benzene rings is 2. The Morgan fingerprint density at radius 3 is 2.24 bits per heavy atom. The number of nitrogens with zero attached hydrogens (tertiary/aromatic N) is 2. The van der Waals surface area contributed by atoms with Gasteiger partial charge in [0, 0.05) is 18.1 Å². The highest BCUT2D eigenvalue weighted by Gasteiger charge is 2.30. The molecule has 33 heavy (non-hydrogen) atoms. The van der Waals surface area contributed by atoms with Crippen molar-refractivity contribution in [3.8, 4) is 0 Å². The summed E-state index contributed by atoms with van der Waals surface area (Å²) < 4.78 is 26.0. The fourth-order valence-corrected chi connectivity index (χ4v) is 4.38. The molecule has 0 spiro atoms. The minimum absolute atomic E-state index is 0.0941. The Hall–Kier alpha value is -2.29. The van der Waals surface area contributed by atoms with Crippen molar-refractivity contribution in [2.24, 2.45) is 5.92 Å². The van der Waals surface area contributed by atoms with E-state index in [1.165, 1.54) is 23.1 Å². The van der Waals surface area contributed by atoms with Crippen LogP contribution >= 0.6 is 23.2 Å². The highest BCUT2D eigenvalue weighted by molar-refractivity contribution is 7.92. The number of anilines is 1. The number of carbonyl (C=O) groups excluding carboxylic acids is 2. The Morgan fingerprint density at radius 1 is 1.03 bits per heavy atom. The van der Waals surface area contributed by atoms with Crippen LogP contribution in [-0.4, -0.2) is 50.5 Å². The molecule has 2 aromatic rings. The molecule has 10 heteroatoms. The van der Waals surface area contributed by atoms with Gasteiger partial charge < -0.3 is 10.2 Å². The largest absolute Gasteiger partial charge is 0.354 e. The second kappa shape index (κ2) is 11.7. The Bertz CT molecular complexity index is 1080. The Balaban J connectivity index is 2.38. The summed E-state index contributed by atoms with van der Waals surface area (Å²) in [5.41, 5.74) is 0.901. The zero-order valence-corrected chi connectivity index (χ0v) is 21.4. The lowest BCUT2D eigenvalue weighted by Crippen LogP contribution is -2.51. The van der Waals surface area contributed by atoms with E-state index in [1.807, 2.05) is 44.2 Å². The summed E-state index contributed by atoms with van der Waals surface area (Å²) in [5.74, 6) is -0.627. The van der Waals surface area contributed by atoms with Crippen LogP contribution in [0.15, 0.2) is 48.5 Å². The first-order valence-electron chi connectivity index (χ1n) is 10.4. The Labute approximate surface area is 205 Å². The van der Waals surface area contributed by atoms with E-state index in [1.54, 1.807) is 6.92 Å². The molecule has 0 aliphatic carbocycles. The molecular weight excluding hydrogens is 485 g/mol. The number of carbonyl (C=O) groups is 2. The molecule has 0 saturated heterocycles. The van der Waals surface area contributed by atoms with Gasteiger partial charge in [-0.15, -0.1) is 0 Å². The summed E-state index contributed by atoms with van der Waals surface area (Å²) in [6, 6.07) is 12.7. The SMILES string of the molecule is CC(C)CNC(=O)[C@@H](C)N(Cc1ccccc1)C(=O)CN(c1cc(Cl)ccc1Cl)S(C)(=O)=O. The molecule has 0 aliphatic heterocycles. The van der Waals surface area contributed by atoms with Crippen LogP contribution in [0.4, 0.5) is 5.69 Å². The van der Waals surface area contributed by atoms with E-state index in [4.69, 9.17) is 23.2 Å². The second-order valence-electron chi connectivity index (χ2n) is 8.19. The standard InChI is InChI=1S/C23H29Cl2N3O4S/c1-16(2)13-26-23(30)17(3)27(14-18-8-6-5-7-9-18)22(29)15-28(33(4,31)32)21-12-19(24)10-11-20(21)25/h5-12,16-17H,13-15H2,1-4H3,(H,26,30)/t17-/m1/s1. The molecular formula is C23H29Cl2N3O4S. The molecule has 0 radical (unpaired) electrons. The predicted octanol–water partition coefficient (Wildman–Crippen LogP) is 3.95. The first-order chi connectivity index (χ1) is 15.4. The van der Waals surface area contributed by atoms with E-state index in [0.29, 0.717) is 6.54 Å². The molecule has 0 aromatic heterocycles. The molecule has 2 amide bonds. The number of hydrogen-bond acceptors (Lipinski definition) is 4. The summed E-state index contributed by atoms with van der Waals surface area (Å²) in [5, 5.41) is 3.24. The molecule has 0 heterocycles. The van der Waals surface area contributed by atoms with Crippen molar-refractivity contribution in [3.63, 3.8) is 0 Å². The maximum atomic E-state index is 13.4. The van der Waals surface area contributed by atoms with Gasteiger partial charge in [-0.3, -0.25) is 13.9 Å². The number of amides is 2. The first kappa shape index (κ1) is 27.0. The lowest BCUT2D eigenvalue weighted by atomic mass is 10.1. The average molecular weight is 514 g/mol. The van der Waals surface area contributed by atoms with E-state index in [-0.39, 0.29) is 34.1 Å². The van der Waals surface area contributed by atoms with Crippen molar-refractivity contribution < 1.29 is 18.0 Å². The van der Waals surface area contributed by atoms with E-state index >= 15 is 0 Å². The summed E-state index contributed by atoms with van der Waals surface area (Å²) >= 11 is 12.3. The number of sulfonamides is 1. The normalized spacial score (nSPS) is 12.3. The van der Waals surface area contributed by atoms with Gasteiger partial charge in [0.1, 0.15) is 12.6 Å². The molecule has 7 nitrogen and oxygen atoms in total. The number of nitrogens with one attached hydrogen (secondary N) is 1. The summed E-state index contributed by atoms with van der Waals surface area (Å²) in [4.78, 5) is 27.5. The lowest BCUT2D eigenvalue weighted by Gasteiger charge is -2.32. The molecule has 0 unspecified atom stereocenters. The predicted molar refractivity (Wildman–Crippen MR) is 133 cm³/mol. The highest BCUT2D eigenvalue weighted by Crippen LogP contribution is 2.30. The van der Waals surface area contributed by atoms with Gasteiger partial charge in [0.2, 0.25) is 21.8 Å². The third-order valence-electron chi connectivity index (χ3n) is 4.90. The van der Waals surface area contributed by atoms with Crippen molar-refractivity contribution in [1.29, 1.82) is 0 Å². The van der Waals surface area contributed by atoms with Crippen LogP contribution in [0.3, 0.4) is 0 Å². The van der Waals surface area contributed by atoms with Gasteiger partial charge in [-0.1, -0.05) is 67.4 Å². The van der Waals surface area contributed by atoms with Gasteiger partial charge >= 0.3 is 0 Å². The van der Waals surface area contributed by atoms with E-state index in [2.05, 4.69) is 5.32 Å². The van der Waals surface area contributed by atoms with E-state index in [9.17, 15) is 18.0 Å². The summed E-state index contributed by atoms with van der Waals surface area (Å²) in [6.45, 7) is 5.62. The lowest BCUT2D eigenvalue weighted by molar-refractivity contribution is -0.139. The maximum absolute atomic E-state index is 13.4. The average Bonchev–Trinajstić information content (AvgIpc) is 2.75. The smallest absolute Gasteiger partial charge is 0.244 e. The summed E-state index contributed by atoms with van der Waals surface area (Å²) in [6.07, 6.45) is 0.984. The minimum Gasteiger partial charge on any atom is -0.354 e. The monoisotopic (exact) mass is 513 g/mol. The zero-order valence-electron chi connectivity index (χ0n) is 19.1.